The van der Waals surface area contributed by atoms with Crippen LogP contribution in [0.2, 0.25) is 0 Å². The molecule has 2 aromatic rings. The van der Waals surface area contributed by atoms with Crippen LogP contribution >= 0.6 is 11.3 Å². The molecule has 1 aromatic heterocycles. The van der Waals surface area contributed by atoms with Crippen molar-refractivity contribution in [3.05, 3.63) is 52.2 Å². The Labute approximate surface area is 121 Å². The number of benzene rings is 1. The highest BCUT2D eigenvalue weighted by Gasteiger charge is 2.25. The Balaban J connectivity index is 1.60. The number of rotatable bonds is 3. The molecule has 3 rings (SSSR count). The number of hydrogen-bond donors (Lipinski definition) is 2. The van der Waals surface area contributed by atoms with E-state index in [-0.39, 0.29) is 18.1 Å². The SMILES string of the molecule is CC(NC(=O)NC1COc2ccccc21)c1cccs1. The summed E-state index contributed by atoms with van der Waals surface area (Å²) in [5.41, 5.74) is 1.03. The molecule has 2 amide bonds. The minimum absolute atomic E-state index is 0.00700. The van der Waals surface area contributed by atoms with Crippen LogP contribution in [0.25, 0.3) is 0 Å². The lowest BCUT2D eigenvalue weighted by molar-refractivity contribution is 0.229. The molecule has 5 heteroatoms. The van der Waals surface area contributed by atoms with Gasteiger partial charge in [0, 0.05) is 10.4 Å². The first kappa shape index (κ1) is 13.0. The van der Waals surface area contributed by atoms with Gasteiger partial charge in [0.1, 0.15) is 12.4 Å². The van der Waals surface area contributed by atoms with E-state index >= 15 is 0 Å². The van der Waals surface area contributed by atoms with E-state index < -0.39 is 0 Å². The van der Waals surface area contributed by atoms with E-state index in [0.717, 1.165) is 16.2 Å². The van der Waals surface area contributed by atoms with Crippen LogP contribution in [0.15, 0.2) is 41.8 Å². The van der Waals surface area contributed by atoms with Crippen LogP contribution in [0.1, 0.15) is 29.4 Å². The average Bonchev–Trinajstić information content (AvgIpc) is 3.09. The first-order valence-corrected chi connectivity index (χ1v) is 7.44. The van der Waals surface area contributed by atoms with Crippen molar-refractivity contribution in [2.75, 3.05) is 6.61 Å². The van der Waals surface area contributed by atoms with Gasteiger partial charge in [0.05, 0.1) is 12.1 Å². The third-order valence-electron chi connectivity index (χ3n) is 3.32. The molecule has 2 N–H and O–H groups in total. The first-order chi connectivity index (χ1) is 9.74. The fourth-order valence-corrected chi connectivity index (χ4v) is 3.02. The maximum Gasteiger partial charge on any atom is 0.315 e. The van der Waals surface area contributed by atoms with Gasteiger partial charge in [-0.2, -0.15) is 0 Å². The van der Waals surface area contributed by atoms with Gasteiger partial charge in [-0.05, 0) is 24.4 Å². The zero-order valence-corrected chi connectivity index (χ0v) is 11.9. The molecular weight excluding hydrogens is 272 g/mol. The molecule has 1 aliphatic heterocycles. The predicted molar refractivity (Wildman–Crippen MR) is 79.1 cm³/mol. The number of hydrogen-bond acceptors (Lipinski definition) is 3. The topological polar surface area (TPSA) is 50.4 Å². The third kappa shape index (κ3) is 2.63. The van der Waals surface area contributed by atoms with Crippen LogP contribution < -0.4 is 15.4 Å². The van der Waals surface area contributed by atoms with Gasteiger partial charge in [-0.15, -0.1) is 11.3 Å². The first-order valence-electron chi connectivity index (χ1n) is 6.56. The molecule has 0 radical (unpaired) electrons. The second-order valence-electron chi connectivity index (χ2n) is 4.76. The average molecular weight is 288 g/mol. The molecule has 0 saturated carbocycles. The second kappa shape index (κ2) is 5.54. The van der Waals surface area contributed by atoms with Crippen molar-refractivity contribution < 1.29 is 9.53 Å². The van der Waals surface area contributed by atoms with E-state index in [0.29, 0.717) is 6.61 Å². The molecule has 0 spiro atoms. The number of carbonyl (C=O) groups excluding carboxylic acids is 1. The van der Waals surface area contributed by atoms with Gasteiger partial charge < -0.3 is 15.4 Å². The van der Waals surface area contributed by atoms with Gasteiger partial charge in [0.15, 0.2) is 0 Å². The Bertz CT molecular complexity index is 598. The summed E-state index contributed by atoms with van der Waals surface area (Å²) in [7, 11) is 0. The molecule has 2 unspecified atom stereocenters. The Morgan fingerprint density at radius 3 is 3.00 bits per heavy atom. The van der Waals surface area contributed by atoms with Gasteiger partial charge >= 0.3 is 6.03 Å². The fourth-order valence-electron chi connectivity index (χ4n) is 2.29. The van der Waals surface area contributed by atoms with Gasteiger partial charge in [0.2, 0.25) is 0 Å². The van der Waals surface area contributed by atoms with Crippen LogP contribution in [0, 0.1) is 0 Å². The summed E-state index contributed by atoms with van der Waals surface area (Å²) in [5.74, 6) is 0.851. The Morgan fingerprint density at radius 2 is 2.20 bits per heavy atom. The number of carbonyl (C=O) groups is 1. The number of amides is 2. The Kier molecular flexibility index (Phi) is 3.60. The highest BCUT2D eigenvalue weighted by Crippen LogP contribution is 2.31. The molecule has 104 valence electrons. The summed E-state index contributed by atoms with van der Waals surface area (Å²) in [6.07, 6.45) is 0. The summed E-state index contributed by atoms with van der Waals surface area (Å²) >= 11 is 1.64. The molecule has 1 aliphatic rings. The maximum absolute atomic E-state index is 12.0. The van der Waals surface area contributed by atoms with Crippen molar-refractivity contribution in [1.82, 2.24) is 10.6 Å². The summed E-state index contributed by atoms with van der Waals surface area (Å²) in [6.45, 7) is 2.46. The molecule has 1 aromatic carbocycles. The molecule has 0 fully saturated rings. The molecule has 0 aliphatic carbocycles. The van der Waals surface area contributed by atoms with Crippen LogP contribution in [-0.2, 0) is 0 Å². The molecule has 4 nitrogen and oxygen atoms in total. The largest absolute Gasteiger partial charge is 0.491 e. The normalized spacial score (nSPS) is 17.9. The second-order valence-corrected chi connectivity index (χ2v) is 5.74. The van der Waals surface area contributed by atoms with Crippen molar-refractivity contribution in [2.24, 2.45) is 0 Å². The fraction of sp³-hybridized carbons (Fsp3) is 0.267. The highest BCUT2D eigenvalue weighted by atomic mass is 32.1. The van der Waals surface area contributed by atoms with Crippen molar-refractivity contribution in [2.45, 2.75) is 19.0 Å². The number of nitrogens with one attached hydrogen (secondary N) is 2. The van der Waals surface area contributed by atoms with Crippen molar-refractivity contribution in [3.63, 3.8) is 0 Å². The lowest BCUT2D eigenvalue weighted by Crippen LogP contribution is -2.39. The lowest BCUT2D eigenvalue weighted by Gasteiger charge is -2.16. The molecule has 2 heterocycles. The zero-order chi connectivity index (χ0) is 13.9. The minimum Gasteiger partial charge on any atom is -0.491 e. The van der Waals surface area contributed by atoms with Crippen LogP contribution in [0.4, 0.5) is 4.79 Å². The zero-order valence-electron chi connectivity index (χ0n) is 11.1. The van der Waals surface area contributed by atoms with Gasteiger partial charge in [-0.3, -0.25) is 0 Å². The van der Waals surface area contributed by atoms with Crippen LogP contribution in [0.3, 0.4) is 0 Å². The number of para-hydroxylation sites is 1. The molecule has 20 heavy (non-hydrogen) atoms. The summed E-state index contributed by atoms with van der Waals surface area (Å²) in [6, 6.07) is 11.5. The Hall–Kier alpha value is -2.01. The number of urea groups is 1. The summed E-state index contributed by atoms with van der Waals surface area (Å²) in [4.78, 5) is 13.2. The predicted octanol–water partition coefficient (Wildman–Crippen LogP) is 3.24. The third-order valence-corrected chi connectivity index (χ3v) is 4.38. The molecule has 0 bridgehead atoms. The highest BCUT2D eigenvalue weighted by molar-refractivity contribution is 7.10. The Morgan fingerprint density at radius 1 is 1.35 bits per heavy atom. The van der Waals surface area contributed by atoms with E-state index in [4.69, 9.17) is 4.74 Å². The minimum atomic E-state index is -0.170. The van der Waals surface area contributed by atoms with E-state index in [1.54, 1.807) is 11.3 Å². The number of ether oxygens (including phenoxy) is 1. The molecule has 2 atom stereocenters. The summed E-state index contributed by atoms with van der Waals surface area (Å²) < 4.78 is 5.55. The summed E-state index contributed by atoms with van der Waals surface area (Å²) in [5, 5.41) is 7.91. The van der Waals surface area contributed by atoms with E-state index in [9.17, 15) is 4.79 Å². The van der Waals surface area contributed by atoms with Crippen molar-refractivity contribution in [1.29, 1.82) is 0 Å². The maximum atomic E-state index is 12.0. The smallest absolute Gasteiger partial charge is 0.315 e. The van der Waals surface area contributed by atoms with E-state index in [1.807, 2.05) is 48.7 Å². The lowest BCUT2D eigenvalue weighted by atomic mass is 10.1. The van der Waals surface area contributed by atoms with Crippen molar-refractivity contribution >= 4 is 17.4 Å². The standard InChI is InChI=1S/C15H16N2O2S/c1-10(14-7-4-8-20-14)16-15(18)17-12-9-19-13-6-3-2-5-11(12)13/h2-8,10,12H,9H2,1H3,(H2,16,17,18). The van der Waals surface area contributed by atoms with Gasteiger partial charge in [-0.1, -0.05) is 24.3 Å². The number of thiophene rings is 1. The van der Waals surface area contributed by atoms with Crippen LogP contribution in [0.5, 0.6) is 5.75 Å². The molecule has 0 saturated heterocycles. The van der Waals surface area contributed by atoms with Gasteiger partial charge in [-0.25, -0.2) is 4.79 Å². The number of fused-ring (bicyclic) bond motifs is 1. The molecular formula is C15H16N2O2S. The van der Waals surface area contributed by atoms with Crippen LogP contribution in [-0.4, -0.2) is 12.6 Å². The van der Waals surface area contributed by atoms with E-state index in [2.05, 4.69) is 10.6 Å². The van der Waals surface area contributed by atoms with Crippen molar-refractivity contribution in [3.8, 4) is 5.75 Å². The van der Waals surface area contributed by atoms with E-state index in [1.165, 1.54) is 0 Å². The quantitative estimate of drug-likeness (QED) is 0.911. The monoisotopic (exact) mass is 288 g/mol. The van der Waals surface area contributed by atoms with Gasteiger partial charge in [0.25, 0.3) is 0 Å².